The van der Waals surface area contributed by atoms with Crippen LogP contribution in [-0.4, -0.2) is 30.8 Å². The van der Waals surface area contributed by atoms with Crippen molar-refractivity contribution in [1.29, 1.82) is 0 Å². The zero-order valence-corrected chi connectivity index (χ0v) is 16.0. The van der Waals surface area contributed by atoms with E-state index in [0.29, 0.717) is 24.0 Å². The molecule has 1 fully saturated rings. The average Bonchev–Trinajstić information content (AvgIpc) is 3.45. The summed E-state index contributed by atoms with van der Waals surface area (Å²) < 4.78 is 19.6. The van der Waals surface area contributed by atoms with Crippen molar-refractivity contribution in [3.63, 3.8) is 0 Å². The van der Waals surface area contributed by atoms with Crippen LogP contribution in [0.5, 0.6) is 0 Å². The number of halogens is 1. The maximum Gasteiger partial charge on any atom is 0.321 e. The van der Waals surface area contributed by atoms with E-state index in [-0.39, 0.29) is 28.9 Å². The molecule has 30 heavy (non-hydrogen) atoms. The molecule has 0 aromatic heterocycles. The van der Waals surface area contributed by atoms with Gasteiger partial charge in [0.05, 0.1) is 18.2 Å². The predicted octanol–water partition coefficient (Wildman–Crippen LogP) is 1.73. The molecule has 4 rings (SSSR count). The fraction of sp³-hybridized carbons (Fsp3) is 0.238. The van der Waals surface area contributed by atoms with Crippen LogP contribution >= 0.6 is 0 Å². The second-order valence-electron chi connectivity index (χ2n) is 7.28. The molecule has 9 heteroatoms. The van der Waals surface area contributed by atoms with E-state index >= 15 is 0 Å². The van der Waals surface area contributed by atoms with Gasteiger partial charge >= 0.3 is 5.97 Å². The molecular formula is C21H18FN3O5. The minimum absolute atomic E-state index is 0.0746. The van der Waals surface area contributed by atoms with Gasteiger partial charge in [-0.25, -0.2) is 4.39 Å². The first-order valence-corrected chi connectivity index (χ1v) is 9.22. The summed E-state index contributed by atoms with van der Waals surface area (Å²) >= 11 is 0. The number of primary amides is 1. The van der Waals surface area contributed by atoms with E-state index in [0.717, 1.165) is 6.07 Å². The SMILES string of the molecule is COC(=O)C1(C(=O)Nc2ccc(-c3ccc(C(N)=O)c4c3CNC4=O)c(F)c2)CC1. The third kappa shape index (κ3) is 2.99. The van der Waals surface area contributed by atoms with Gasteiger partial charge in [0.1, 0.15) is 11.2 Å². The lowest BCUT2D eigenvalue weighted by Gasteiger charge is -2.15. The quantitative estimate of drug-likeness (QED) is 0.510. The third-order valence-electron chi connectivity index (χ3n) is 5.51. The zero-order valence-electron chi connectivity index (χ0n) is 16.0. The molecule has 1 saturated carbocycles. The van der Waals surface area contributed by atoms with Crippen molar-refractivity contribution in [3.05, 3.63) is 52.8 Å². The standard InChI is InChI=1S/C21H18FN3O5/c1-30-20(29)21(6-7-21)19(28)25-10-2-3-12(15(22)8-10)11-4-5-13(17(23)26)16-14(11)9-24-18(16)27/h2-5,8H,6-7,9H2,1H3,(H2,23,26)(H,24,27)(H,25,28). The van der Waals surface area contributed by atoms with E-state index in [9.17, 15) is 23.6 Å². The average molecular weight is 411 g/mol. The van der Waals surface area contributed by atoms with E-state index in [1.54, 1.807) is 0 Å². The zero-order chi connectivity index (χ0) is 21.6. The Labute approximate surface area is 170 Å². The van der Waals surface area contributed by atoms with Crippen LogP contribution in [0.3, 0.4) is 0 Å². The number of hydrogen-bond donors (Lipinski definition) is 3. The topological polar surface area (TPSA) is 128 Å². The van der Waals surface area contributed by atoms with Gasteiger partial charge in [-0.1, -0.05) is 6.07 Å². The van der Waals surface area contributed by atoms with Gasteiger partial charge in [-0.3, -0.25) is 19.2 Å². The minimum Gasteiger partial charge on any atom is -0.468 e. The van der Waals surface area contributed by atoms with Crippen molar-refractivity contribution >= 4 is 29.4 Å². The van der Waals surface area contributed by atoms with Gasteiger partial charge in [-0.2, -0.15) is 0 Å². The van der Waals surface area contributed by atoms with Gasteiger partial charge in [-0.05, 0) is 48.2 Å². The summed E-state index contributed by atoms with van der Waals surface area (Å²) in [5, 5.41) is 5.17. The van der Waals surface area contributed by atoms with Crippen molar-refractivity contribution in [2.75, 3.05) is 12.4 Å². The van der Waals surface area contributed by atoms with Gasteiger partial charge in [0, 0.05) is 17.8 Å². The highest BCUT2D eigenvalue weighted by Crippen LogP contribution is 2.47. The minimum atomic E-state index is -1.21. The van der Waals surface area contributed by atoms with E-state index in [4.69, 9.17) is 5.73 Å². The summed E-state index contributed by atoms with van der Waals surface area (Å²) in [6.45, 7) is 0.143. The second kappa shape index (κ2) is 6.94. The first kappa shape index (κ1) is 19.6. The van der Waals surface area contributed by atoms with Gasteiger partial charge in [0.15, 0.2) is 0 Å². The Hall–Kier alpha value is -3.75. The van der Waals surface area contributed by atoms with Crippen molar-refractivity contribution in [1.82, 2.24) is 5.32 Å². The second-order valence-corrected chi connectivity index (χ2v) is 7.28. The van der Waals surface area contributed by atoms with Crippen LogP contribution in [0.2, 0.25) is 0 Å². The molecule has 3 amide bonds. The lowest BCUT2D eigenvalue weighted by atomic mass is 9.92. The highest BCUT2D eigenvalue weighted by atomic mass is 19.1. The Morgan fingerprint density at radius 2 is 1.87 bits per heavy atom. The summed E-state index contributed by atoms with van der Waals surface area (Å²) in [5.41, 5.74) is 5.66. The van der Waals surface area contributed by atoms with Crippen molar-refractivity contribution in [2.24, 2.45) is 11.1 Å². The van der Waals surface area contributed by atoms with Crippen LogP contribution in [0.4, 0.5) is 10.1 Å². The summed E-state index contributed by atoms with van der Waals surface area (Å²) in [6.07, 6.45) is 0.761. The fourth-order valence-corrected chi connectivity index (χ4v) is 3.71. The fourth-order valence-electron chi connectivity index (χ4n) is 3.71. The Kier molecular flexibility index (Phi) is 4.53. The number of hydrogen-bond acceptors (Lipinski definition) is 5. The van der Waals surface area contributed by atoms with Crippen molar-refractivity contribution < 1.29 is 28.3 Å². The van der Waals surface area contributed by atoms with Crippen molar-refractivity contribution in [2.45, 2.75) is 19.4 Å². The summed E-state index contributed by atoms with van der Waals surface area (Å²) in [5.74, 6) is -2.97. The number of amides is 3. The summed E-state index contributed by atoms with van der Waals surface area (Å²) in [6, 6.07) is 7.03. The Morgan fingerprint density at radius 1 is 1.17 bits per heavy atom. The van der Waals surface area contributed by atoms with Crippen LogP contribution in [-0.2, 0) is 20.9 Å². The van der Waals surface area contributed by atoms with E-state index < -0.39 is 34.9 Å². The number of carbonyl (C=O) groups is 4. The smallest absolute Gasteiger partial charge is 0.321 e. The lowest BCUT2D eigenvalue weighted by molar-refractivity contribution is -0.150. The predicted molar refractivity (Wildman–Crippen MR) is 104 cm³/mol. The number of nitrogens with two attached hydrogens (primary N) is 1. The lowest BCUT2D eigenvalue weighted by Crippen LogP contribution is -2.32. The van der Waals surface area contributed by atoms with Gasteiger partial charge in [0.2, 0.25) is 11.8 Å². The molecule has 2 aliphatic rings. The molecule has 0 bridgehead atoms. The third-order valence-corrected chi connectivity index (χ3v) is 5.51. The number of nitrogens with one attached hydrogen (secondary N) is 2. The van der Waals surface area contributed by atoms with Gasteiger partial charge < -0.3 is 21.1 Å². The maximum absolute atomic E-state index is 14.9. The van der Waals surface area contributed by atoms with Crippen LogP contribution in [0.25, 0.3) is 11.1 Å². The van der Waals surface area contributed by atoms with Crippen LogP contribution in [0, 0.1) is 11.2 Å². The molecule has 0 saturated heterocycles. The Bertz CT molecular complexity index is 1120. The summed E-state index contributed by atoms with van der Waals surface area (Å²) in [7, 11) is 1.21. The number of methoxy groups -OCH3 is 1. The molecule has 4 N–H and O–H groups in total. The van der Waals surface area contributed by atoms with E-state index in [1.807, 2.05) is 0 Å². The number of ether oxygens (including phenoxy) is 1. The van der Waals surface area contributed by atoms with Crippen LogP contribution in [0.1, 0.15) is 39.1 Å². The number of benzene rings is 2. The molecule has 1 aliphatic heterocycles. The molecule has 1 heterocycles. The van der Waals surface area contributed by atoms with Gasteiger partial charge in [0.25, 0.3) is 5.91 Å². The molecule has 2 aromatic rings. The highest BCUT2D eigenvalue weighted by molar-refractivity contribution is 6.12. The molecule has 154 valence electrons. The van der Waals surface area contributed by atoms with Crippen LogP contribution in [0.15, 0.2) is 30.3 Å². The number of anilines is 1. The first-order chi connectivity index (χ1) is 14.3. The maximum atomic E-state index is 14.9. The number of fused-ring (bicyclic) bond motifs is 1. The van der Waals surface area contributed by atoms with Crippen LogP contribution < -0.4 is 16.4 Å². The largest absolute Gasteiger partial charge is 0.468 e. The van der Waals surface area contributed by atoms with E-state index in [1.165, 1.54) is 31.4 Å². The molecule has 0 atom stereocenters. The molecule has 8 nitrogen and oxygen atoms in total. The Morgan fingerprint density at radius 3 is 2.47 bits per heavy atom. The number of esters is 1. The van der Waals surface area contributed by atoms with E-state index in [2.05, 4.69) is 15.4 Å². The molecule has 0 unspecified atom stereocenters. The monoisotopic (exact) mass is 411 g/mol. The molecule has 0 spiro atoms. The Balaban J connectivity index is 1.65. The highest BCUT2D eigenvalue weighted by Gasteiger charge is 2.57. The first-order valence-electron chi connectivity index (χ1n) is 9.22. The molecule has 2 aromatic carbocycles. The van der Waals surface area contributed by atoms with Crippen molar-refractivity contribution in [3.8, 4) is 11.1 Å². The normalized spacial score (nSPS) is 15.7. The summed E-state index contributed by atoms with van der Waals surface area (Å²) in [4.78, 5) is 48.0. The number of rotatable bonds is 5. The van der Waals surface area contributed by atoms with Gasteiger partial charge in [-0.15, -0.1) is 0 Å². The number of carbonyl (C=O) groups excluding carboxylic acids is 4. The molecule has 1 aliphatic carbocycles. The molecule has 0 radical (unpaired) electrons. The molecular weight excluding hydrogens is 393 g/mol.